The van der Waals surface area contributed by atoms with Crippen LogP contribution in [0.15, 0.2) is 81.2 Å². The minimum absolute atomic E-state index is 0.179. The van der Waals surface area contributed by atoms with E-state index in [0.717, 1.165) is 10.5 Å². The molecule has 1 N–H and O–H groups in total. The quantitative estimate of drug-likeness (QED) is 0.288. The van der Waals surface area contributed by atoms with Gasteiger partial charge in [-0.15, -0.1) is 0 Å². The van der Waals surface area contributed by atoms with Gasteiger partial charge in [-0.25, -0.2) is 9.69 Å². The number of hydrogen-bond donors (Lipinski definition) is 1. The maximum Gasteiger partial charge on any atom is 0.335 e. The number of carbonyl (C=O) groups excluding carboxylic acids is 3. The molecule has 0 aromatic heterocycles. The van der Waals surface area contributed by atoms with Gasteiger partial charge in [0.1, 0.15) is 17.9 Å². The lowest BCUT2D eigenvalue weighted by atomic mass is 10.1. The molecular weight excluding hydrogens is 576 g/mol. The number of benzene rings is 3. The Morgan fingerprint density at radius 2 is 1.58 bits per heavy atom. The van der Waals surface area contributed by atoms with Crippen LogP contribution in [0, 0.1) is 0 Å². The highest BCUT2D eigenvalue weighted by atomic mass is 79.9. The summed E-state index contributed by atoms with van der Waals surface area (Å²) in [5.41, 5.74) is 1.69. The maximum absolute atomic E-state index is 13.0. The number of amides is 4. The third-order valence-electron chi connectivity index (χ3n) is 4.74. The molecule has 1 aliphatic heterocycles. The normalized spacial score (nSPS) is 15.1. The average Bonchev–Trinajstić information content (AvgIpc) is 2.78. The molecule has 0 unspecified atom stereocenters. The van der Waals surface area contributed by atoms with Gasteiger partial charge in [0.25, 0.3) is 11.8 Å². The molecule has 4 rings (SSSR count). The van der Waals surface area contributed by atoms with Crippen molar-refractivity contribution < 1.29 is 19.1 Å². The van der Waals surface area contributed by atoms with E-state index in [-0.39, 0.29) is 5.57 Å². The molecule has 1 saturated heterocycles. The lowest BCUT2D eigenvalue weighted by Crippen LogP contribution is -2.54. The van der Waals surface area contributed by atoms with Gasteiger partial charge in [0, 0.05) is 5.02 Å². The summed E-state index contributed by atoms with van der Waals surface area (Å²) in [4.78, 5) is 38.7. The minimum atomic E-state index is -0.823. The van der Waals surface area contributed by atoms with Gasteiger partial charge in [-0.05, 0) is 85.5 Å². The molecular formula is C24H15Br2ClN2O4. The molecule has 9 heteroatoms. The van der Waals surface area contributed by atoms with Crippen LogP contribution in [-0.2, 0) is 16.2 Å². The molecule has 6 nitrogen and oxygen atoms in total. The molecule has 1 fully saturated rings. The molecule has 0 spiro atoms. The molecule has 0 bridgehead atoms. The zero-order valence-corrected chi connectivity index (χ0v) is 20.8. The molecule has 3 aromatic carbocycles. The van der Waals surface area contributed by atoms with E-state index in [2.05, 4.69) is 37.2 Å². The van der Waals surface area contributed by atoms with Crippen molar-refractivity contribution in [3.05, 3.63) is 97.4 Å². The van der Waals surface area contributed by atoms with Crippen LogP contribution in [0.2, 0.25) is 5.02 Å². The van der Waals surface area contributed by atoms with Crippen molar-refractivity contribution in [1.29, 1.82) is 0 Å². The second-order valence-corrected chi connectivity index (χ2v) is 9.17. The first kappa shape index (κ1) is 23.2. The summed E-state index contributed by atoms with van der Waals surface area (Å²) in [6.07, 6.45) is 1.42. The van der Waals surface area contributed by atoms with E-state index >= 15 is 0 Å². The molecule has 33 heavy (non-hydrogen) atoms. The Balaban J connectivity index is 1.61. The van der Waals surface area contributed by atoms with E-state index in [0.29, 0.717) is 37.6 Å². The summed E-state index contributed by atoms with van der Waals surface area (Å²) in [5, 5.41) is 2.66. The molecule has 0 saturated carbocycles. The van der Waals surface area contributed by atoms with Crippen molar-refractivity contribution >= 4 is 73.1 Å². The second-order valence-electron chi connectivity index (χ2n) is 7.02. The molecule has 4 amide bonds. The third kappa shape index (κ3) is 5.19. The zero-order chi connectivity index (χ0) is 23.5. The SMILES string of the molecule is O=C1NC(=O)N(c2ccc(Cl)cc2)C(=O)/C1=C/c1cc(Br)c(OCc2ccccc2)c(Br)c1. The number of anilines is 1. The summed E-state index contributed by atoms with van der Waals surface area (Å²) in [7, 11) is 0. The average molecular weight is 591 g/mol. The monoisotopic (exact) mass is 588 g/mol. The summed E-state index contributed by atoms with van der Waals surface area (Å²) in [5.74, 6) is -0.923. The largest absolute Gasteiger partial charge is 0.487 e. The lowest BCUT2D eigenvalue weighted by molar-refractivity contribution is -0.122. The van der Waals surface area contributed by atoms with Gasteiger partial charge in [0.15, 0.2) is 0 Å². The predicted octanol–water partition coefficient (Wildman–Crippen LogP) is 6.11. The van der Waals surface area contributed by atoms with Gasteiger partial charge in [0.2, 0.25) is 0 Å². The molecule has 3 aromatic rings. The summed E-state index contributed by atoms with van der Waals surface area (Å²) < 4.78 is 7.18. The number of urea groups is 1. The van der Waals surface area contributed by atoms with E-state index in [1.54, 1.807) is 24.3 Å². The van der Waals surface area contributed by atoms with Crippen LogP contribution in [0.5, 0.6) is 5.75 Å². The van der Waals surface area contributed by atoms with Crippen LogP contribution in [-0.4, -0.2) is 17.8 Å². The fourth-order valence-corrected chi connectivity index (χ4v) is 4.76. The molecule has 1 aliphatic rings. The topological polar surface area (TPSA) is 75.7 Å². The number of imide groups is 2. The van der Waals surface area contributed by atoms with E-state index in [4.69, 9.17) is 16.3 Å². The maximum atomic E-state index is 13.0. The van der Waals surface area contributed by atoms with Gasteiger partial charge in [0.05, 0.1) is 14.6 Å². The zero-order valence-electron chi connectivity index (χ0n) is 16.8. The fraction of sp³-hybridized carbons (Fsp3) is 0.0417. The number of rotatable bonds is 5. The first-order chi connectivity index (χ1) is 15.8. The number of hydrogen-bond acceptors (Lipinski definition) is 4. The Kier molecular flexibility index (Phi) is 6.97. The van der Waals surface area contributed by atoms with Crippen LogP contribution in [0.25, 0.3) is 6.08 Å². The Bertz CT molecular complexity index is 1250. The van der Waals surface area contributed by atoms with Crippen molar-refractivity contribution in [1.82, 2.24) is 5.32 Å². The van der Waals surface area contributed by atoms with Gasteiger partial charge >= 0.3 is 6.03 Å². The van der Waals surface area contributed by atoms with Crippen LogP contribution in [0.1, 0.15) is 11.1 Å². The fourth-order valence-electron chi connectivity index (χ4n) is 3.18. The van der Waals surface area contributed by atoms with E-state index in [1.807, 2.05) is 30.3 Å². The van der Waals surface area contributed by atoms with E-state index < -0.39 is 17.8 Å². The highest BCUT2D eigenvalue weighted by molar-refractivity contribution is 9.11. The standard InChI is InChI=1S/C24H15Br2ClN2O4/c25-19-11-15(12-20(26)21(19)33-13-14-4-2-1-3-5-14)10-18-22(30)28-24(32)29(23(18)31)17-8-6-16(27)7-9-17/h1-12H,13H2,(H,28,30,32)/b18-10+. The molecule has 0 atom stereocenters. The number of barbiturate groups is 1. The smallest absolute Gasteiger partial charge is 0.335 e. The number of halogens is 3. The Morgan fingerprint density at radius 1 is 0.939 bits per heavy atom. The van der Waals surface area contributed by atoms with E-state index in [1.165, 1.54) is 18.2 Å². The van der Waals surface area contributed by atoms with Crippen molar-refractivity contribution in [3.8, 4) is 5.75 Å². The minimum Gasteiger partial charge on any atom is -0.487 e. The number of nitrogens with zero attached hydrogens (tertiary/aromatic N) is 1. The van der Waals surface area contributed by atoms with Crippen LogP contribution in [0.3, 0.4) is 0 Å². The van der Waals surface area contributed by atoms with Crippen LogP contribution in [0.4, 0.5) is 10.5 Å². The second kappa shape index (κ2) is 9.91. The molecule has 0 aliphatic carbocycles. The summed E-state index contributed by atoms with van der Waals surface area (Å²) in [6.45, 7) is 0.373. The summed E-state index contributed by atoms with van der Waals surface area (Å²) >= 11 is 12.9. The highest BCUT2D eigenvalue weighted by Gasteiger charge is 2.36. The molecule has 1 heterocycles. The predicted molar refractivity (Wildman–Crippen MR) is 133 cm³/mol. The molecule has 0 radical (unpaired) electrons. The third-order valence-corrected chi connectivity index (χ3v) is 6.17. The highest BCUT2D eigenvalue weighted by Crippen LogP contribution is 2.36. The van der Waals surface area contributed by atoms with Crippen LogP contribution < -0.4 is 15.0 Å². The Morgan fingerprint density at radius 3 is 2.21 bits per heavy atom. The number of carbonyl (C=O) groups is 3. The summed E-state index contributed by atoms with van der Waals surface area (Å²) in [6, 6.07) is 18.5. The van der Waals surface area contributed by atoms with Crippen molar-refractivity contribution in [3.63, 3.8) is 0 Å². The van der Waals surface area contributed by atoms with Gasteiger partial charge in [-0.3, -0.25) is 14.9 Å². The van der Waals surface area contributed by atoms with Gasteiger partial charge < -0.3 is 4.74 Å². The van der Waals surface area contributed by atoms with Crippen molar-refractivity contribution in [2.24, 2.45) is 0 Å². The van der Waals surface area contributed by atoms with Gasteiger partial charge in [-0.2, -0.15) is 0 Å². The lowest BCUT2D eigenvalue weighted by Gasteiger charge is -2.26. The first-order valence-electron chi connectivity index (χ1n) is 9.66. The van der Waals surface area contributed by atoms with Crippen molar-refractivity contribution in [2.75, 3.05) is 4.90 Å². The Labute approximate surface area is 211 Å². The van der Waals surface area contributed by atoms with E-state index in [9.17, 15) is 14.4 Å². The first-order valence-corrected chi connectivity index (χ1v) is 11.6. The molecule has 166 valence electrons. The van der Waals surface area contributed by atoms with Gasteiger partial charge in [-0.1, -0.05) is 41.9 Å². The van der Waals surface area contributed by atoms with Crippen LogP contribution >= 0.6 is 43.5 Å². The number of nitrogens with one attached hydrogen (secondary N) is 1. The Hall–Kier alpha value is -2.94. The number of ether oxygens (including phenoxy) is 1. The van der Waals surface area contributed by atoms with Crippen molar-refractivity contribution in [2.45, 2.75) is 6.61 Å².